The van der Waals surface area contributed by atoms with Crippen LogP contribution in [0.15, 0.2) is 49.1 Å². The van der Waals surface area contributed by atoms with Crippen LogP contribution in [0.5, 0.6) is 0 Å². The summed E-state index contributed by atoms with van der Waals surface area (Å²) in [6.07, 6.45) is 6.75. The smallest absolute Gasteiger partial charge is 0.410 e. The number of carbonyl (C=O) groups is 1. The Hall–Kier alpha value is -3.20. The van der Waals surface area contributed by atoms with Gasteiger partial charge in [0.15, 0.2) is 0 Å². The third kappa shape index (κ3) is 4.77. The lowest BCUT2D eigenvalue weighted by molar-refractivity contribution is 0.0512. The molecule has 0 spiro atoms. The molecule has 9 heteroatoms. The number of fused-ring (bicyclic) bond motifs is 2. The molecule has 3 heterocycles. The van der Waals surface area contributed by atoms with E-state index in [4.69, 9.17) is 21.3 Å². The molecule has 1 amide bonds. The molecule has 1 aliphatic heterocycles. The first-order valence-electron chi connectivity index (χ1n) is 12.5. The van der Waals surface area contributed by atoms with Crippen LogP contribution in [0.2, 0.25) is 5.02 Å². The number of imidazole rings is 1. The minimum absolute atomic E-state index is 0.156. The fraction of sp³-hybridized carbons (Fsp3) is 0.393. The molecule has 2 aromatic heterocycles. The molecule has 1 saturated heterocycles. The van der Waals surface area contributed by atoms with Crippen LogP contribution in [0.4, 0.5) is 4.79 Å². The number of nitrogens with zero attached hydrogens (tertiary/aromatic N) is 5. The Bertz CT molecular complexity index is 1340. The van der Waals surface area contributed by atoms with E-state index in [1.54, 1.807) is 30.5 Å². The predicted molar refractivity (Wildman–Crippen MR) is 143 cm³/mol. The summed E-state index contributed by atoms with van der Waals surface area (Å²) < 4.78 is 7.24. The quantitative estimate of drug-likeness (QED) is 0.545. The molecule has 1 aromatic carbocycles. The number of pyridine rings is 1. The van der Waals surface area contributed by atoms with E-state index in [1.807, 2.05) is 61.9 Å². The van der Waals surface area contributed by atoms with Gasteiger partial charge in [-0.05, 0) is 67.3 Å². The van der Waals surface area contributed by atoms with Crippen molar-refractivity contribution in [1.82, 2.24) is 24.3 Å². The fourth-order valence-corrected chi connectivity index (χ4v) is 5.51. The van der Waals surface area contributed by atoms with E-state index in [0.29, 0.717) is 36.9 Å². The largest absolute Gasteiger partial charge is 0.447 e. The van der Waals surface area contributed by atoms with Gasteiger partial charge in [-0.1, -0.05) is 23.7 Å². The van der Waals surface area contributed by atoms with Gasteiger partial charge >= 0.3 is 6.09 Å². The maximum Gasteiger partial charge on any atom is 0.410 e. The van der Waals surface area contributed by atoms with Gasteiger partial charge in [0.2, 0.25) is 0 Å². The van der Waals surface area contributed by atoms with Crippen molar-refractivity contribution >= 4 is 29.3 Å². The van der Waals surface area contributed by atoms with Gasteiger partial charge in [-0.25, -0.2) is 9.78 Å². The number of aromatic nitrogens is 3. The minimum atomic E-state index is -1.34. The van der Waals surface area contributed by atoms with Crippen molar-refractivity contribution in [3.05, 3.63) is 82.2 Å². The van der Waals surface area contributed by atoms with E-state index in [-0.39, 0.29) is 18.2 Å². The maximum absolute atomic E-state index is 12.5. The highest BCUT2D eigenvalue weighted by Crippen LogP contribution is 2.46. The Kier molecular flexibility index (Phi) is 6.83. The predicted octanol–water partition coefficient (Wildman–Crippen LogP) is 4.48. The molecule has 194 valence electrons. The van der Waals surface area contributed by atoms with Gasteiger partial charge in [0.1, 0.15) is 5.60 Å². The van der Waals surface area contributed by atoms with Crippen molar-refractivity contribution in [1.29, 1.82) is 0 Å². The van der Waals surface area contributed by atoms with Crippen molar-refractivity contribution in [2.24, 2.45) is 7.05 Å². The number of piperazine rings is 1. The molecule has 0 saturated carbocycles. The highest BCUT2D eigenvalue weighted by Gasteiger charge is 2.39. The lowest BCUT2D eigenvalue weighted by atomic mass is 9.84. The fourth-order valence-electron chi connectivity index (χ4n) is 5.34. The molecule has 8 nitrogen and oxygen atoms in total. The molecule has 0 radical (unpaired) electrons. The topological polar surface area (TPSA) is 83.7 Å². The Morgan fingerprint density at radius 2 is 1.97 bits per heavy atom. The Balaban J connectivity index is 1.59. The summed E-state index contributed by atoms with van der Waals surface area (Å²) in [5.41, 5.74) is 3.76. The van der Waals surface area contributed by atoms with Crippen molar-refractivity contribution in [2.75, 3.05) is 26.2 Å². The van der Waals surface area contributed by atoms with Gasteiger partial charge in [-0.15, -0.1) is 0 Å². The van der Waals surface area contributed by atoms with Gasteiger partial charge in [-0.3, -0.25) is 9.88 Å². The van der Waals surface area contributed by atoms with Crippen molar-refractivity contribution in [3.63, 3.8) is 0 Å². The Labute approximate surface area is 222 Å². The monoisotopic (exact) mass is 521 g/mol. The summed E-state index contributed by atoms with van der Waals surface area (Å²) in [4.78, 5) is 25.6. The van der Waals surface area contributed by atoms with E-state index in [1.165, 1.54) is 0 Å². The molecular weight excluding hydrogens is 490 g/mol. The lowest BCUT2D eigenvalue weighted by Gasteiger charge is -2.39. The van der Waals surface area contributed by atoms with Crippen LogP contribution in [0, 0.1) is 0 Å². The zero-order valence-corrected chi connectivity index (χ0v) is 22.3. The van der Waals surface area contributed by atoms with Crippen molar-refractivity contribution < 1.29 is 14.6 Å². The van der Waals surface area contributed by atoms with Crippen molar-refractivity contribution in [2.45, 2.75) is 38.5 Å². The lowest BCUT2D eigenvalue weighted by Crippen LogP contribution is -2.50. The first-order valence-corrected chi connectivity index (χ1v) is 12.9. The van der Waals surface area contributed by atoms with E-state index in [2.05, 4.69) is 9.88 Å². The first-order chi connectivity index (χ1) is 17.7. The number of hydrogen-bond donors (Lipinski definition) is 1. The summed E-state index contributed by atoms with van der Waals surface area (Å²) in [6.45, 7) is 7.92. The zero-order chi connectivity index (χ0) is 26.3. The number of aryl methyl sites for hydroxylation is 1. The third-order valence-electron chi connectivity index (χ3n) is 7.14. The van der Waals surface area contributed by atoms with E-state index in [9.17, 15) is 9.90 Å². The van der Waals surface area contributed by atoms with Crippen LogP contribution in [-0.4, -0.2) is 67.8 Å². The highest BCUT2D eigenvalue weighted by atomic mass is 35.5. The molecule has 1 aliphatic carbocycles. The second-order valence-corrected chi connectivity index (χ2v) is 10.5. The summed E-state index contributed by atoms with van der Waals surface area (Å²) in [5, 5.41) is 12.6. The van der Waals surface area contributed by atoms with Crippen LogP contribution in [0.1, 0.15) is 54.9 Å². The minimum Gasteiger partial charge on any atom is -0.447 e. The number of rotatable bonds is 4. The standard InChI is InChI=1S/C28H32ClN5O3/c1-18(2)37-27(35)34-12-10-33(11-13-34)26-21-8-7-20(29)15-22(21)23(14-19-6-5-9-31-25(19)26)28(3,36)24-16-30-17-32(24)4/h5-9,14-18,26,36H,10-13H2,1-4H3/t26-,28+/m0/s1. The van der Waals surface area contributed by atoms with Gasteiger partial charge in [0.05, 0.1) is 36.1 Å². The Morgan fingerprint density at radius 1 is 1.22 bits per heavy atom. The molecule has 5 rings (SSSR count). The number of benzene rings is 1. The molecule has 0 bridgehead atoms. The highest BCUT2D eigenvalue weighted by molar-refractivity contribution is 6.30. The molecule has 0 unspecified atom stereocenters. The molecule has 37 heavy (non-hydrogen) atoms. The first kappa shape index (κ1) is 25.4. The van der Waals surface area contributed by atoms with Gasteiger partial charge in [0.25, 0.3) is 0 Å². The van der Waals surface area contributed by atoms with Crippen LogP contribution in [-0.2, 0) is 17.4 Å². The molecule has 3 aromatic rings. The average Bonchev–Trinajstić information content (AvgIpc) is 3.24. The molecular formula is C28H32ClN5O3. The second-order valence-electron chi connectivity index (χ2n) is 10.1. The van der Waals surface area contributed by atoms with Crippen LogP contribution in [0.25, 0.3) is 11.6 Å². The van der Waals surface area contributed by atoms with Crippen LogP contribution >= 0.6 is 11.6 Å². The molecule has 2 atom stereocenters. The van der Waals surface area contributed by atoms with Crippen LogP contribution in [0.3, 0.4) is 0 Å². The number of hydrogen-bond acceptors (Lipinski definition) is 6. The summed E-state index contributed by atoms with van der Waals surface area (Å²) in [5.74, 6) is 0. The van der Waals surface area contributed by atoms with E-state index in [0.717, 1.165) is 28.0 Å². The number of halogens is 1. The molecule has 2 aliphatic rings. The summed E-state index contributed by atoms with van der Waals surface area (Å²) >= 11 is 6.53. The summed E-state index contributed by atoms with van der Waals surface area (Å²) in [7, 11) is 1.87. The number of ether oxygens (including phenoxy) is 1. The second kappa shape index (κ2) is 9.93. The van der Waals surface area contributed by atoms with E-state index < -0.39 is 5.60 Å². The third-order valence-corrected chi connectivity index (χ3v) is 7.38. The van der Waals surface area contributed by atoms with Gasteiger partial charge in [-0.2, -0.15) is 0 Å². The number of aliphatic hydroxyl groups is 1. The zero-order valence-electron chi connectivity index (χ0n) is 21.6. The van der Waals surface area contributed by atoms with E-state index >= 15 is 0 Å². The number of amides is 1. The SMILES string of the molecule is CC(C)OC(=O)N1CCN([C@H]2c3ccc(Cl)cc3C([C@@](C)(O)c3cncn3C)=Cc3cccnc32)CC1. The normalized spacial score (nSPS) is 19.5. The van der Waals surface area contributed by atoms with Crippen molar-refractivity contribution in [3.8, 4) is 0 Å². The summed E-state index contributed by atoms with van der Waals surface area (Å²) in [6, 6.07) is 9.59. The van der Waals surface area contributed by atoms with Crippen LogP contribution < -0.4 is 0 Å². The number of carbonyl (C=O) groups excluding carboxylic acids is 1. The average molecular weight is 522 g/mol. The maximum atomic E-state index is 12.5. The van der Waals surface area contributed by atoms with Gasteiger partial charge < -0.3 is 19.3 Å². The Morgan fingerprint density at radius 3 is 2.65 bits per heavy atom. The van der Waals surface area contributed by atoms with Gasteiger partial charge in [0, 0.05) is 44.4 Å². The molecule has 1 N–H and O–H groups in total. The molecule has 1 fully saturated rings.